The van der Waals surface area contributed by atoms with Gasteiger partial charge in [0.1, 0.15) is 0 Å². The van der Waals surface area contributed by atoms with Crippen LogP contribution in [0.1, 0.15) is 28.8 Å². The fourth-order valence-corrected chi connectivity index (χ4v) is 1.92. The number of nitrogens with two attached hydrogens (primary N) is 1. The Morgan fingerprint density at radius 1 is 1.25 bits per heavy atom. The lowest BCUT2D eigenvalue weighted by atomic mass is 10.1. The molecule has 0 aliphatic heterocycles. The minimum Gasteiger partial charge on any atom is -0.354 e. The summed E-state index contributed by atoms with van der Waals surface area (Å²) in [5.74, 6) is 5.47. The molecular formula is C14H20N4O2. The van der Waals surface area contributed by atoms with Gasteiger partial charge in [0.2, 0.25) is 5.91 Å². The first-order valence-electron chi connectivity index (χ1n) is 6.75. The van der Waals surface area contributed by atoms with E-state index in [0.29, 0.717) is 24.3 Å². The van der Waals surface area contributed by atoms with Crippen molar-refractivity contribution in [3.8, 4) is 0 Å². The van der Waals surface area contributed by atoms with Crippen molar-refractivity contribution in [3.63, 3.8) is 0 Å². The van der Waals surface area contributed by atoms with Gasteiger partial charge in [0.25, 0.3) is 5.91 Å². The summed E-state index contributed by atoms with van der Waals surface area (Å²) in [6, 6.07) is 5.39. The van der Waals surface area contributed by atoms with Crippen LogP contribution >= 0.6 is 0 Å². The molecule has 2 rings (SSSR count). The molecule has 0 atom stereocenters. The maximum atomic E-state index is 12.0. The number of nitrogens with one attached hydrogen (secondary N) is 3. The molecule has 1 aromatic carbocycles. The first-order valence-corrected chi connectivity index (χ1v) is 6.75. The van der Waals surface area contributed by atoms with Crippen molar-refractivity contribution in [1.29, 1.82) is 0 Å². The Balaban J connectivity index is 1.80. The zero-order valence-corrected chi connectivity index (χ0v) is 11.5. The van der Waals surface area contributed by atoms with Gasteiger partial charge in [-0.15, -0.1) is 0 Å². The summed E-state index contributed by atoms with van der Waals surface area (Å²) in [6.07, 6.45) is 1.96. The SMILES string of the molecule is Cc1ccc(C(=O)NCCNC(=O)C2CC2)c(NN)c1. The summed E-state index contributed by atoms with van der Waals surface area (Å²) in [5, 5.41) is 5.55. The van der Waals surface area contributed by atoms with Crippen molar-refractivity contribution in [2.24, 2.45) is 11.8 Å². The number of rotatable bonds is 6. The van der Waals surface area contributed by atoms with Gasteiger partial charge >= 0.3 is 0 Å². The zero-order chi connectivity index (χ0) is 14.5. The third-order valence-corrected chi connectivity index (χ3v) is 3.23. The van der Waals surface area contributed by atoms with Gasteiger partial charge in [0, 0.05) is 19.0 Å². The molecule has 0 saturated heterocycles. The molecule has 1 aliphatic rings. The molecule has 0 aromatic heterocycles. The van der Waals surface area contributed by atoms with Gasteiger partial charge in [-0.3, -0.25) is 15.4 Å². The number of anilines is 1. The zero-order valence-electron chi connectivity index (χ0n) is 11.5. The predicted octanol–water partition coefficient (Wildman–Crippen LogP) is 0.537. The van der Waals surface area contributed by atoms with Crippen LogP contribution in [0.2, 0.25) is 0 Å². The lowest BCUT2D eigenvalue weighted by Gasteiger charge is -2.11. The lowest BCUT2D eigenvalue weighted by Crippen LogP contribution is -2.35. The molecule has 1 saturated carbocycles. The van der Waals surface area contributed by atoms with Crippen molar-refractivity contribution in [2.75, 3.05) is 18.5 Å². The number of hydrazine groups is 1. The van der Waals surface area contributed by atoms with Gasteiger partial charge in [0.05, 0.1) is 11.3 Å². The summed E-state index contributed by atoms with van der Waals surface area (Å²) < 4.78 is 0. The van der Waals surface area contributed by atoms with E-state index in [1.807, 2.05) is 19.1 Å². The monoisotopic (exact) mass is 276 g/mol. The van der Waals surface area contributed by atoms with E-state index in [-0.39, 0.29) is 17.7 Å². The van der Waals surface area contributed by atoms with Gasteiger partial charge < -0.3 is 16.1 Å². The Morgan fingerprint density at radius 3 is 2.60 bits per heavy atom. The summed E-state index contributed by atoms with van der Waals surface area (Å²) in [5.41, 5.74) is 4.62. The first kappa shape index (κ1) is 14.3. The van der Waals surface area contributed by atoms with E-state index in [9.17, 15) is 9.59 Å². The van der Waals surface area contributed by atoms with Crippen LogP contribution in [0, 0.1) is 12.8 Å². The van der Waals surface area contributed by atoms with Crippen LogP contribution in [0.25, 0.3) is 0 Å². The molecule has 6 heteroatoms. The van der Waals surface area contributed by atoms with Crippen LogP contribution in [0.5, 0.6) is 0 Å². The second kappa shape index (κ2) is 6.38. The van der Waals surface area contributed by atoms with E-state index >= 15 is 0 Å². The van der Waals surface area contributed by atoms with Crippen molar-refractivity contribution < 1.29 is 9.59 Å². The van der Waals surface area contributed by atoms with Gasteiger partial charge in [-0.1, -0.05) is 6.07 Å². The molecule has 0 heterocycles. The minimum atomic E-state index is -0.210. The second-order valence-electron chi connectivity index (χ2n) is 5.01. The van der Waals surface area contributed by atoms with Gasteiger partial charge in [0.15, 0.2) is 0 Å². The molecule has 2 amide bonds. The van der Waals surface area contributed by atoms with Crippen molar-refractivity contribution >= 4 is 17.5 Å². The number of nitrogen functional groups attached to an aromatic ring is 1. The highest BCUT2D eigenvalue weighted by Crippen LogP contribution is 2.28. The molecule has 1 aliphatic carbocycles. The average Bonchev–Trinajstić information content (AvgIpc) is 3.27. The van der Waals surface area contributed by atoms with E-state index in [4.69, 9.17) is 5.84 Å². The Hall–Kier alpha value is -2.08. The molecule has 108 valence electrons. The standard InChI is InChI=1S/C14H20N4O2/c1-9-2-5-11(12(8-9)18-15)14(20)17-7-6-16-13(19)10-3-4-10/h2,5,8,10,18H,3-4,6-7,15H2,1H3,(H,16,19)(H,17,20). The molecule has 1 fully saturated rings. The quantitative estimate of drug-likeness (QED) is 0.346. The highest BCUT2D eigenvalue weighted by atomic mass is 16.2. The summed E-state index contributed by atoms with van der Waals surface area (Å²) >= 11 is 0. The maximum absolute atomic E-state index is 12.0. The highest BCUT2D eigenvalue weighted by Gasteiger charge is 2.28. The Labute approximate surface area is 118 Å². The van der Waals surface area contributed by atoms with Crippen LogP contribution in [-0.4, -0.2) is 24.9 Å². The molecule has 0 unspecified atom stereocenters. The van der Waals surface area contributed by atoms with Crippen LogP contribution in [-0.2, 0) is 4.79 Å². The molecule has 0 radical (unpaired) electrons. The number of benzene rings is 1. The molecule has 6 nitrogen and oxygen atoms in total. The van der Waals surface area contributed by atoms with Crippen LogP contribution < -0.4 is 21.9 Å². The minimum absolute atomic E-state index is 0.0823. The van der Waals surface area contributed by atoms with Crippen molar-refractivity contribution in [3.05, 3.63) is 29.3 Å². The molecule has 0 bridgehead atoms. The average molecular weight is 276 g/mol. The third-order valence-electron chi connectivity index (χ3n) is 3.23. The smallest absolute Gasteiger partial charge is 0.253 e. The Morgan fingerprint density at radius 2 is 1.95 bits per heavy atom. The maximum Gasteiger partial charge on any atom is 0.253 e. The number of hydrogen-bond donors (Lipinski definition) is 4. The van der Waals surface area contributed by atoms with E-state index in [1.54, 1.807) is 6.07 Å². The third kappa shape index (κ3) is 3.71. The topological polar surface area (TPSA) is 96.2 Å². The summed E-state index contributed by atoms with van der Waals surface area (Å²) in [4.78, 5) is 23.4. The number of aryl methyl sites for hydroxylation is 1. The highest BCUT2D eigenvalue weighted by molar-refractivity contribution is 5.99. The Bertz CT molecular complexity index is 512. The second-order valence-corrected chi connectivity index (χ2v) is 5.01. The predicted molar refractivity (Wildman–Crippen MR) is 77.1 cm³/mol. The van der Waals surface area contributed by atoms with Crippen LogP contribution in [0.15, 0.2) is 18.2 Å². The Kier molecular flexibility index (Phi) is 4.57. The van der Waals surface area contributed by atoms with Crippen LogP contribution in [0.4, 0.5) is 5.69 Å². The fraction of sp³-hybridized carbons (Fsp3) is 0.429. The number of hydrogen-bond acceptors (Lipinski definition) is 4. The largest absolute Gasteiger partial charge is 0.354 e. The normalized spacial score (nSPS) is 13.7. The molecular weight excluding hydrogens is 256 g/mol. The fourth-order valence-electron chi connectivity index (χ4n) is 1.92. The van der Waals surface area contributed by atoms with Crippen LogP contribution in [0.3, 0.4) is 0 Å². The number of carbonyl (C=O) groups excluding carboxylic acids is 2. The van der Waals surface area contributed by atoms with Crippen molar-refractivity contribution in [2.45, 2.75) is 19.8 Å². The summed E-state index contributed by atoms with van der Waals surface area (Å²) in [6.45, 7) is 2.77. The molecule has 20 heavy (non-hydrogen) atoms. The van der Waals surface area contributed by atoms with E-state index in [1.165, 1.54) is 0 Å². The van der Waals surface area contributed by atoms with Gasteiger partial charge in [-0.2, -0.15) is 0 Å². The van der Waals surface area contributed by atoms with Gasteiger partial charge in [-0.25, -0.2) is 0 Å². The molecule has 1 aromatic rings. The number of carbonyl (C=O) groups is 2. The van der Waals surface area contributed by atoms with E-state index < -0.39 is 0 Å². The first-order chi connectivity index (χ1) is 9.61. The van der Waals surface area contributed by atoms with E-state index in [0.717, 1.165) is 18.4 Å². The summed E-state index contributed by atoms with van der Waals surface area (Å²) in [7, 11) is 0. The van der Waals surface area contributed by atoms with Crippen molar-refractivity contribution in [1.82, 2.24) is 10.6 Å². The van der Waals surface area contributed by atoms with E-state index in [2.05, 4.69) is 16.1 Å². The molecule has 5 N–H and O–H groups in total. The number of amides is 2. The van der Waals surface area contributed by atoms with Gasteiger partial charge in [-0.05, 0) is 37.5 Å². The lowest BCUT2D eigenvalue weighted by molar-refractivity contribution is -0.122. The molecule has 0 spiro atoms.